The van der Waals surface area contributed by atoms with Crippen LogP contribution in [-0.4, -0.2) is 29.4 Å². The molecule has 1 aliphatic rings. The lowest BCUT2D eigenvalue weighted by Crippen LogP contribution is -2.30. The molecular weight excluding hydrogens is 266 g/mol. The first-order chi connectivity index (χ1) is 10.1. The van der Waals surface area contributed by atoms with Gasteiger partial charge in [0.2, 0.25) is 0 Å². The van der Waals surface area contributed by atoms with Crippen LogP contribution in [-0.2, 0) is 0 Å². The van der Waals surface area contributed by atoms with Crippen LogP contribution in [0.25, 0.3) is 11.1 Å². The van der Waals surface area contributed by atoms with Crippen LogP contribution in [0.3, 0.4) is 0 Å². The Kier molecular flexibility index (Phi) is 3.31. The van der Waals surface area contributed by atoms with Crippen molar-refractivity contribution in [1.82, 2.24) is 5.32 Å². The van der Waals surface area contributed by atoms with Crippen molar-refractivity contribution in [3.8, 4) is 11.1 Å². The van der Waals surface area contributed by atoms with E-state index in [2.05, 4.69) is 5.32 Å². The zero-order chi connectivity index (χ0) is 15.0. The van der Waals surface area contributed by atoms with E-state index in [1.807, 2.05) is 18.2 Å². The lowest BCUT2D eigenvalue weighted by atomic mass is 9.99. The van der Waals surface area contributed by atoms with Crippen molar-refractivity contribution in [3.63, 3.8) is 0 Å². The number of aliphatic hydroxyl groups excluding tert-OH is 1. The summed E-state index contributed by atoms with van der Waals surface area (Å²) in [5.41, 5.74) is 3.12. The molecule has 0 spiro atoms. The van der Waals surface area contributed by atoms with E-state index in [-0.39, 0.29) is 18.2 Å². The Bertz CT molecular complexity index is 735. The Labute approximate surface area is 122 Å². The van der Waals surface area contributed by atoms with Crippen LogP contribution in [0.15, 0.2) is 42.5 Å². The van der Waals surface area contributed by atoms with Gasteiger partial charge in [-0.05, 0) is 18.6 Å². The van der Waals surface area contributed by atoms with Gasteiger partial charge in [-0.1, -0.05) is 36.4 Å². The third-order valence-electron chi connectivity index (χ3n) is 3.55. The first kappa shape index (κ1) is 13.5. The SMILES string of the molecule is CC(O)CNC(=O)c1cccc2c1-c1ccccc1C2=O. The standard InChI is InChI=1S/C17H15NO3/c1-10(19)9-18-17(21)14-8-4-7-13-15(14)11-5-2-3-6-12(11)16(13)20/h2-8,10,19H,9H2,1H3,(H,18,21). The summed E-state index contributed by atoms with van der Waals surface area (Å²) in [6, 6.07) is 12.4. The van der Waals surface area contributed by atoms with Gasteiger partial charge in [0.1, 0.15) is 0 Å². The van der Waals surface area contributed by atoms with Gasteiger partial charge in [0.05, 0.1) is 6.10 Å². The fourth-order valence-corrected chi connectivity index (χ4v) is 2.60. The number of aliphatic hydroxyl groups is 1. The molecule has 0 aromatic heterocycles. The Hall–Kier alpha value is -2.46. The van der Waals surface area contributed by atoms with E-state index in [1.54, 1.807) is 31.2 Å². The molecule has 0 radical (unpaired) electrons. The molecule has 2 N–H and O–H groups in total. The second-order valence-electron chi connectivity index (χ2n) is 5.16. The molecule has 2 aromatic rings. The van der Waals surface area contributed by atoms with Gasteiger partial charge in [-0.3, -0.25) is 9.59 Å². The van der Waals surface area contributed by atoms with E-state index in [4.69, 9.17) is 0 Å². The maximum Gasteiger partial charge on any atom is 0.252 e. The minimum absolute atomic E-state index is 0.0502. The average molecular weight is 281 g/mol. The van der Waals surface area contributed by atoms with E-state index in [0.29, 0.717) is 22.3 Å². The summed E-state index contributed by atoms with van der Waals surface area (Å²) in [5.74, 6) is -0.331. The topological polar surface area (TPSA) is 66.4 Å². The van der Waals surface area contributed by atoms with Gasteiger partial charge in [-0.25, -0.2) is 0 Å². The van der Waals surface area contributed by atoms with Crippen LogP contribution >= 0.6 is 0 Å². The van der Waals surface area contributed by atoms with Crippen LogP contribution in [0.5, 0.6) is 0 Å². The number of carbonyl (C=O) groups is 2. The molecule has 0 fully saturated rings. The van der Waals surface area contributed by atoms with Gasteiger partial charge >= 0.3 is 0 Å². The van der Waals surface area contributed by atoms with Gasteiger partial charge < -0.3 is 10.4 Å². The number of fused-ring (bicyclic) bond motifs is 3. The Morgan fingerprint density at radius 2 is 1.76 bits per heavy atom. The van der Waals surface area contributed by atoms with E-state index in [1.165, 1.54) is 0 Å². The number of benzene rings is 2. The molecule has 1 amide bonds. The van der Waals surface area contributed by atoms with Crippen LogP contribution in [0.4, 0.5) is 0 Å². The van der Waals surface area contributed by atoms with Crippen molar-refractivity contribution in [2.75, 3.05) is 6.54 Å². The van der Waals surface area contributed by atoms with Crippen molar-refractivity contribution in [3.05, 3.63) is 59.2 Å². The number of hydrogen-bond donors (Lipinski definition) is 2. The fraction of sp³-hybridized carbons (Fsp3) is 0.176. The van der Waals surface area contributed by atoms with Crippen LogP contribution < -0.4 is 5.32 Å². The third kappa shape index (κ3) is 2.23. The lowest BCUT2D eigenvalue weighted by Gasteiger charge is -2.10. The number of rotatable bonds is 3. The molecule has 4 heteroatoms. The van der Waals surface area contributed by atoms with Gasteiger partial charge in [0.15, 0.2) is 5.78 Å². The van der Waals surface area contributed by atoms with E-state index in [9.17, 15) is 14.7 Å². The molecule has 1 unspecified atom stereocenters. The smallest absolute Gasteiger partial charge is 0.252 e. The summed E-state index contributed by atoms with van der Waals surface area (Å²) in [5, 5.41) is 11.9. The quantitative estimate of drug-likeness (QED) is 0.771. The molecule has 1 atom stereocenters. The molecule has 2 aromatic carbocycles. The molecule has 21 heavy (non-hydrogen) atoms. The van der Waals surface area contributed by atoms with Crippen molar-refractivity contribution in [2.24, 2.45) is 0 Å². The summed E-state index contributed by atoms with van der Waals surface area (Å²) >= 11 is 0. The highest BCUT2D eigenvalue weighted by molar-refractivity contribution is 6.24. The molecule has 0 aliphatic heterocycles. The van der Waals surface area contributed by atoms with Crippen molar-refractivity contribution < 1.29 is 14.7 Å². The maximum atomic E-state index is 12.4. The Morgan fingerprint density at radius 3 is 2.48 bits per heavy atom. The minimum atomic E-state index is -0.611. The predicted octanol–water partition coefficient (Wildman–Crippen LogP) is 2.01. The minimum Gasteiger partial charge on any atom is -0.392 e. The van der Waals surface area contributed by atoms with E-state index < -0.39 is 6.10 Å². The van der Waals surface area contributed by atoms with Gasteiger partial charge in [0, 0.05) is 28.8 Å². The number of ketones is 1. The zero-order valence-corrected chi connectivity index (χ0v) is 11.6. The maximum absolute atomic E-state index is 12.4. The molecule has 3 rings (SSSR count). The van der Waals surface area contributed by atoms with Crippen molar-refractivity contribution >= 4 is 11.7 Å². The van der Waals surface area contributed by atoms with Crippen molar-refractivity contribution in [1.29, 1.82) is 0 Å². The van der Waals surface area contributed by atoms with Crippen LogP contribution in [0, 0.1) is 0 Å². The summed E-state index contributed by atoms with van der Waals surface area (Å²) in [6.07, 6.45) is -0.611. The van der Waals surface area contributed by atoms with Gasteiger partial charge in [-0.15, -0.1) is 0 Å². The molecule has 4 nitrogen and oxygen atoms in total. The van der Waals surface area contributed by atoms with E-state index in [0.717, 1.165) is 5.56 Å². The Balaban J connectivity index is 2.08. The first-order valence-corrected chi connectivity index (χ1v) is 6.83. The first-order valence-electron chi connectivity index (χ1n) is 6.83. The normalized spacial score (nSPS) is 13.5. The summed E-state index contributed by atoms with van der Waals surface area (Å²) < 4.78 is 0. The number of carbonyl (C=O) groups excluding carboxylic acids is 2. The fourth-order valence-electron chi connectivity index (χ4n) is 2.60. The molecule has 1 aliphatic carbocycles. The number of nitrogens with one attached hydrogen (secondary N) is 1. The Morgan fingerprint density at radius 1 is 1.10 bits per heavy atom. The highest BCUT2D eigenvalue weighted by Crippen LogP contribution is 2.38. The highest BCUT2D eigenvalue weighted by atomic mass is 16.3. The van der Waals surface area contributed by atoms with Gasteiger partial charge in [-0.2, -0.15) is 0 Å². The molecule has 0 heterocycles. The molecule has 0 bridgehead atoms. The van der Waals surface area contributed by atoms with E-state index >= 15 is 0 Å². The second-order valence-corrected chi connectivity index (χ2v) is 5.16. The molecule has 0 saturated heterocycles. The number of amides is 1. The monoisotopic (exact) mass is 281 g/mol. The molecular formula is C17H15NO3. The molecule has 0 saturated carbocycles. The van der Waals surface area contributed by atoms with Gasteiger partial charge in [0.25, 0.3) is 5.91 Å². The lowest BCUT2D eigenvalue weighted by molar-refractivity contribution is 0.0924. The van der Waals surface area contributed by atoms with Crippen molar-refractivity contribution in [2.45, 2.75) is 13.0 Å². The summed E-state index contributed by atoms with van der Waals surface area (Å²) in [6.45, 7) is 1.78. The largest absolute Gasteiger partial charge is 0.392 e. The molecule has 106 valence electrons. The zero-order valence-electron chi connectivity index (χ0n) is 11.6. The highest BCUT2D eigenvalue weighted by Gasteiger charge is 2.29. The average Bonchev–Trinajstić information content (AvgIpc) is 2.79. The second kappa shape index (κ2) is 5.14. The predicted molar refractivity (Wildman–Crippen MR) is 79.3 cm³/mol. The summed E-state index contributed by atoms with van der Waals surface area (Å²) in [7, 11) is 0. The summed E-state index contributed by atoms with van der Waals surface area (Å²) in [4.78, 5) is 24.6. The third-order valence-corrected chi connectivity index (χ3v) is 3.55. The number of hydrogen-bond acceptors (Lipinski definition) is 3. The van der Waals surface area contributed by atoms with Crippen LogP contribution in [0.1, 0.15) is 33.2 Å². The van der Waals surface area contributed by atoms with Crippen LogP contribution in [0.2, 0.25) is 0 Å².